The summed E-state index contributed by atoms with van der Waals surface area (Å²) < 4.78 is 5.74. The molecule has 0 spiro atoms. The predicted octanol–water partition coefficient (Wildman–Crippen LogP) is 0.976. The van der Waals surface area contributed by atoms with Crippen molar-refractivity contribution in [1.29, 1.82) is 0 Å². The summed E-state index contributed by atoms with van der Waals surface area (Å²) in [7, 11) is 2.05. The van der Waals surface area contributed by atoms with E-state index in [0.717, 1.165) is 30.8 Å². The molecule has 0 aromatic heterocycles. The number of carbonyl (C=O) groups excluding carboxylic acids is 1. The normalized spacial score (nSPS) is 25.7. The monoisotopic (exact) mass is 275 g/mol. The van der Waals surface area contributed by atoms with Gasteiger partial charge in [-0.3, -0.25) is 4.79 Å². The Morgan fingerprint density at radius 3 is 2.75 bits per heavy atom. The zero-order chi connectivity index (χ0) is 14.1. The van der Waals surface area contributed by atoms with Crippen LogP contribution in [0, 0.1) is 0 Å². The van der Waals surface area contributed by atoms with Crippen molar-refractivity contribution < 1.29 is 9.53 Å². The minimum atomic E-state index is -0.333. The van der Waals surface area contributed by atoms with Crippen LogP contribution in [0.25, 0.3) is 0 Å². The van der Waals surface area contributed by atoms with Gasteiger partial charge in [0.2, 0.25) is 0 Å². The predicted molar refractivity (Wildman–Crippen MR) is 79.0 cm³/mol. The highest BCUT2D eigenvalue weighted by molar-refractivity contribution is 6.00. The number of hydrogen-bond donors (Lipinski definition) is 1. The van der Waals surface area contributed by atoms with E-state index in [1.165, 1.54) is 0 Å². The molecule has 2 aliphatic rings. The Balaban J connectivity index is 1.81. The second kappa shape index (κ2) is 5.42. The SMILES string of the molecule is CN1CCN(C(=O)[C@@H]2CC[C@H](CN)O2)c2ccccc21. The van der Waals surface area contributed by atoms with E-state index in [0.29, 0.717) is 13.1 Å². The number of anilines is 2. The first-order chi connectivity index (χ1) is 9.70. The van der Waals surface area contributed by atoms with Crippen LogP contribution in [0.1, 0.15) is 12.8 Å². The van der Waals surface area contributed by atoms with Gasteiger partial charge in [0.1, 0.15) is 6.10 Å². The number of ether oxygens (including phenoxy) is 1. The quantitative estimate of drug-likeness (QED) is 0.874. The van der Waals surface area contributed by atoms with Crippen molar-refractivity contribution in [3.63, 3.8) is 0 Å². The topological polar surface area (TPSA) is 58.8 Å². The number of fused-ring (bicyclic) bond motifs is 1. The highest BCUT2D eigenvalue weighted by atomic mass is 16.5. The van der Waals surface area contributed by atoms with Gasteiger partial charge >= 0.3 is 0 Å². The fraction of sp³-hybridized carbons (Fsp3) is 0.533. The Hall–Kier alpha value is -1.59. The molecule has 5 heteroatoms. The lowest BCUT2D eigenvalue weighted by atomic mass is 10.1. The van der Waals surface area contributed by atoms with E-state index in [1.807, 2.05) is 29.2 Å². The molecule has 20 heavy (non-hydrogen) atoms. The van der Waals surface area contributed by atoms with Crippen LogP contribution in [0.15, 0.2) is 24.3 Å². The maximum atomic E-state index is 12.7. The minimum absolute atomic E-state index is 0.0339. The molecule has 3 rings (SSSR count). The van der Waals surface area contributed by atoms with Gasteiger partial charge in [-0.2, -0.15) is 0 Å². The molecule has 1 aromatic rings. The van der Waals surface area contributed by atoms with Crippen LogP contribution in [0.2, 0.25) is 0 Å². The van der Waals surface area contributed by atoms with Crippen LogP contribution < -0.4 is 15.5 Å². The molecule has 0 saturated carbocycles. The molecule has 2 heterocycles. The second-order valence-electron chi connectivity index (χ2n) is 5.46. The maximum Gasteiger partial charge on any atom is 0.256 e. The Morgan fingerprint density at radius 1 is 1.30 bits per heavy atom. The van der Waals surface area contributed by atoms with Gasteiger partial charge in [0.05, 0.1) is 17.5 Å². The van der Waals surface area contributed by atoms with Gasteiger partial charge in [0.15, 0.2) is 0 Å². The van der Waals surface area contributed by atoms with Gasteiger partial charge in [-0.25, -0.2) is 0 Å². The molecular weight excluding hydrogens is 254 g/mol. The van der Waals surface area contributed by atoms with Crippen molar-refractivity contribution in [3.8, 4) is 0 Å². The first-order valence-corrected chi connectivity index (χ1v) is 7.18. The average molecular weight is 275 g/mol. The van der Waals surface area contributed by atoms with Gasteiger partial charge in [0, 0.05) is 26.7 Å². The number of hydrogen-bond acceptors (Lipinski definition) is 4. The van der Waals surface area contributed by atoms with Gasteiger partial charge in [-0.1, -0.05) is 12.1 Å². The summed E-state index contributed by atoms with van der Waals surface area (Å²) >= 11 is 0. The molecule has 108 valence electrons. The molecular formula is C15H21N3O2. The van der Waals surface area contributed by atoms with E-state index in [4.69, 9.17) is 10.5 Å². The van der Waals surface area contributed by atoms with E-state index in [2.05, 4.69) is 11.9 Å². The molecule has 2 atom stereocenters. The molecule has 2 aliphatic heterocycles. The standard InChI is InChI=1S/C15H21N3O2/c1-17-8-9-18(13-5-3-2-4-12(13)17)15(19)14-7-6-11(10-16)20-14/h2-5,11,14H,6-10,16H2,1H3/t11-,14+/m1/s1. The molecule has 1 saturated heterocycles. The molecule has 2 N–H and O–H groups in total. The van der Waals surface area contributed by atoms with Gasteiger partial charge in [0.25, 0.3) is 5.91 Å². The first-order valence-electron chi connectivity index (χ1n) is 7.18. The van der Waals surface area contributed by atoms with Crippen molar-refractivity contribution in [2.24, 2.45) is 5.73 Å². The molecule has 1 aromatic carbocycles. The van der Waals surface area contributed by atoms with E-state index >= 15 is 0 Å². The number of likely N-dealkylation sites (N-methyl/N-ethyl adjacent to an activating group) is 1. The number of rotatable bonds is 2. The zero-order valence-corrected chi connectivity index (χ0v) is 11.8. The third kappa shape index (κ3) is 2.27. The maximum absolute atomic E-state index is 12.7. The summed E-state index contributed by atoms with van der Waals surface area (Å²) in [6.45, 7) is 2.04. The fourth-order valence-corrected chi connectivity index (χ4v) is 2.97. The number of nitrogens with zero attached hydrogens (tertiary/aromatic N) is 2. The molecule has 1 fully saturated rings. The molecule has 0 unspecified atom stereocenters. The molecule has 1 amide bonds. The molecule has 0 aliphatic carbocycles. The third-order valence-corrected chi connectivity index (χ3v) is 4.15. The third-order valence-electron chi connectivity index (χ3n) is 4.15. The van der Waals surface area contributed by atoms with Gasteiger partial charge < -0.3 is 20.3 Å². The summed E-state index contributed by atoms with van der Waals surface area (Å²) in [5, 5.41) is 0. The van der Waals surface area contributed by atoms with Crippen LogP contribution in [0.4, 0.5) is 11.4 Å². The van der Waals surface area contributed by atoms with E-state index in [1.54, 1.807) is 0 Å². The Kier molecular flexibility index (Phi) is 3.63. The molecule has 0 radical (unpaired) electrons. The van der Waals surface area contributed by atoms with Crippen LogP contribution in [-0.2, 0) is 9.53 Å². The second-order valence-corrected chi connectivity index (χ2v) is 5.46. The van der Waals surface area contributed by atoms with E-state index in [-0.39, 0.29) is 18.1 Å². The summed E-state index contributed by atoms with van der Waals surface area (Å²) in [6, 6.07) is 8.02. The summed E-state index contributed by atoms with van der Waals surface area (Å²) in [5.74, 6) is 0.0708. The largest absolute Gasteiger partial charge is 0.371 e. The Labute approximate surface area is 119 Å². The van der Waals surface area contributed by atoms with Gasteiger partial charge in [-0.15, -0.1) is 0 Å². The van der Waals surface area contributed by atoms with Gasteiger partial charge in [-0.05, 0) is 25.0 Å². The Morgan fingerprint density at radius 2 is 2.05 bits per heavy atom. The number of para-hydroxylation sites is 2. The minimum Gasteiger partial charge on any atom is -0.371 e. The molecule has 5 nitrogen and oxygen atoms in total. The summed E-state index contributed by atoms with van der Waals surface area (Å²) in [5.41, 5.74) is 7.69. The molecule has 0 bridgehead atoms. The van der Waals surface area contributed by atoms with Crippen molar-refractivity contribution >= 4 is 17.3 Å². The van der Waals surface area contributed by atoms with E-state index < -0.39 is 0 Å². The number of benzene rings is 1. The highest BCUT2D eigenvalue weighted by Gasteiger charge is 2.35. The van der Waals surface area contributed by atoms with Crippen LogP contribution >= 0.6 is 0 Å². The van der Waals surface area contributed by atoms with Crippen molar-refractivity contribution in [1.82, 2.24) is 0 Å². The van der Waals surface area contributed by atoms with Crippen molar-refractivity contribution in [2.75, 3.05) is 36.5 Å². The zero-order valence-electron chi connectivity index (χ0n) is 11.8. The van der Waals surface area contributed by atoms with Crippen LogP contribution in [0.3, 0.4) is 0 Å². The lowest BCUT2D eigenvalue weighted by molar-refractivity contribution is -0.129. The smallest absolute Gasteiger partial charge is 0.256 e. The average Bonchev–Trinajstić information content (AvgIpc) is 2.96. The lowest BCUT2D eigenvalue weighted by Crippen LogP contribution is -2.47. The van der Waals surface area contributed by atoms with Crippen molar-refractivity contribution in [2.45, 2.75) is 25.0 Å². The number of carbonyl (C=O) groups is 1. The number of amides is 1. The van der Waals surface area contributed by atoms with E-state index in [9.17, 15) is 4.79 Å². The lowest BCUT2D eigenvalue weighted by Gasteiger charge is -2.36. The summed E-state index contributed by atoms with van der Waals surface area (Å²) in [4.78, 5) is 16.7. The van der Waals surface area contributed by atoms with Crippen molar-refractivity contribution in [3.05, 3.63) is 24.3 Å². The van der Waals surface area contributed by atoms with Crippen LogP contribution in [-0.4, -0.2) is 44.8 Å². The highest BCUT2D eigenvalue weighted by Crippen LogP contribution is 2.33. The van der Waals surface area contributed by atoms with Crippen LogP contribution in [0.5, 0.6) is 0 Å². The fourth-order valence-electron chi connectivity index (χ4n) is 2.97. The summed E-state index contributed by atoms with van der Waals surface area (Å²) in [6.07, 6.45) is 1.35. The number of nitrogens with two attached hydrogens (primary N) is 1. The Bertz CT molecular complexity index is 506. The first kappa shape index (κ1) is 13.4.